The highest BCUT2D eigenvalue weighted by Crippen LogP contribution is 2.28. The van der Waals surface area contributed by atoms with Gasteiger partial charge in [-0.15, -0.1) is 0 Å². The molecule has 0 aliphatic rings. The minimum Gasteiger partial charge on any atom is -0.431 e. The Morgan fingerprint density at radius 3 is 3.06 bits per heavy atom. The quantitative estimate of drug-likeness (QED) is 0.537. The SMILES string of the molecule is Nc1ccc2oc(Sc3cc(=O)[nH]cn3)nc2c1. The van der Waals surface area contributed by atoms with Gasteiger partial charge in [0.2, 0.25) is 0 Å². The summed E-state index contributed by atoms with van der Waals surface area (Å²) < 4.78 is 5.51. The summed E-state index contributed by atoms with van der Waals surface area (Å²) in [5, 5.41) is 0.951. The van der Waals surface area contributed by atoms with Crippen LogP contribution < -0.4 is 11.3 Å². The van der Waals surface area contributed by atoms with Gasteiger partial charge in [0.05, 0.1) is 6.33 Å². The van der Waals surface area contributed by atoms with Crippen molar-refractivity contribution in [3.63, 3.8) is 0 Å². The van der Waals surface area contributed by atoms with E-state index in [1.807, 2.05) is 0 Å². The predicted molar refractivity (Wildman–Crippen MR) is 67.4 cm³/mol. The van der Waals surface area contributed by atoms with Crippen molar-refractivity contribution in [3.8, 4) is 0 Å². The van der Waals surface area contributed by atoms with Gasteiger partial charge in [-0.25, -0.2) is 9.97 Å². The third-order valence-corrected chi connectivity index (χ3v) is 3.02. The molecule has 0 aliphatic heterocycles. The lowest BCUT2D eigenvalue weighted by Gasteiger charge is -1.92. The number of aromatic nitrogens is 3. The summed E-state index contributed by atoms with van der Waals surface area (Å²) in [7, 11) is 0. The number of nitrogens with two attached hydrogens (primary N) is 1. The fourth-order valence-corrected chi connectivity index (χ4v) is 2.19. The minimum atomic E-state index is -0.215. The van der Waals surface area contributed by atoms with Gasteiger partial charge < -0.3 is 15.1 Å². The fraction of sp³-hybridized carbons (Fsp3) is 0. The zero-order valence-electron chi connectivity index (χ0n) is 9.08. The van der Waals surface area contributed by atoms with E-state index in [0.717, 1.165) is 0 Å². The lowest BCUT2D eigenvalue weighted by Crippen LogP contribution is -2.03. The summed E-state index contributed by atoms with van der Waals surface area (Å²) in [6.45, 7) is 0. The third-order valence-electron chi connectivity index (χ3n) is 2.24. The Balaban J connectivity index is 1.98. The number of aromatic amines is 1. The molecule has 3 rings (SSSR count). The van der Waals surface area contributed by atoms with Crippen LogP contribution in [0.3, 0.4) is 0 Å². The van der Waals surface area contributed by atoms with Gasteiger partial charge >= 0.3 is 0 Å². The Labute approximate surface area is 105 Å². The maximum atomic E-state index is 11.1. The number of hydrogen-bond acceptors (Lipinski definition) is 6. The molecule has 3 N–H and O–H groups in total. The van der Waals surface area contributed by atoms with E-state index in [-0.39, 0.29) is 5.56 Å². The lowest BCUT2D eigenvalue weighted by atomic mass is 10.3. The normalized spacial score (nSPS) is 10.9. The topological polar surface area (TPSA) is 97.8 Å². The molecule has 0 aliphatic carbocycles. The molecule has 2 heterocycles. The van der Waals surface area contributed by atoms with E-state index in [9.17, 15) is 4.79 Å². The average Bonchev–Trinajstić information content (AvgIpc) is 2.70. The number of H-pyrrole nitrogens is 1. The molecular formula is C11H8N4O2S. The van der Waals surface area contributed by atoms with Gasteiger partial charge in [-0.3, -0.25) is 4.79 Å². The molecular weight excluding hydrogens is 252 g/mol. The van der Waals surface area contributed by atoms with Crippen LogP contribution in [0.5, 0.6) is 0 Å². The first-order chi connectivity index (χ1) is 8.70. The van der Waals surface area contributed by atoms with Crippen molar-refractivity contribution in [1.82, 2.24) is 15.0 Å². The standard InChI is InChI=1S/C11H8N4O2S/c12-6-1-2-8-7(3-6)15-11(17-8)18-10-4-9(16)13-5-14-10/h1-5H,12H2,(H,13,14,16). The summed E-state index contributed by atoms with van der Waals surface area (Å²) in [5.41, 5.74) is 7.40. The van der Waals surface area contributed by atoms with Crippen LogP contribution >= 0.6 is 11.8 Å². The highest BCUT2D eigenvalue weighted by atomic mass is 32.2. The Bertz CT molecular complexity index is 765. The van der Waals surface area contributed by atoms with Crippen LogP contribution in [0.1, 0.15) is 0 Å². The number of benzene rings is 1. The van der Waals surface area contributed by atoms with Crippen LogP contribution in [0.15, 0.2) is 50.1 Å². The average molecular weight is 260 g/mol. The van der Waals surface area contributed by atoms with Crippen molar-refractivity contribution in [2.24, 2.45) is 0 Å². The van der Waals surface area contributed by atoms with Crippen molar-refractivity contribution < 1.29 is 4.42 Å². The summed E-state index contributed by atoms with van der Waals surface area (Å²) in [6.07, 6.45) is 1.34. The van der Waals surface area contributed by atoms with Crippen molar-refractivity contribution in [3.05, 3.63) is 40.9 Å². The molecule has 0 amide bonds. The van der Waals surface area contributed by atoms with E-state index in [1.54, 1.807) is 18.2 Å². The van der Waals surface area contributed by atoms with E-state index < -0.39 is 0 Å². The number of nitrogen functional groups attached to an aromatic ring is 1. The molecule has 3 aromatic rings. The van der Waals surface area contributed by atoms with Crippen molar-refractivity contribution in [1.29, 1.82) is 0 Å². The Hall–Kier alpha value is -2.28. The van der Waals surface area contributed by atoms with Gasteiger partial charge in [-0.05, 0) is 30.0 Å². The summed E-state index contributed by atoms with van der Waals surface area (Å²) in [4.78, 5) is 21.8. The molecule has 0 radical (unpaired) electrons. The van der Waals surface area contributed by atoms with E-state index in [2.05, 4.69) is 15.0 Å². The summed E-state index contributed by atoms with van der Waals surface area (Å²) >= 11 is 1.18. The second-order valence-corrected chi connectivity index (χ2v) is 4.53. The number of fused-ring (bicyclic) bond motifs is 1. The molecule has 0 saturated heterocycles. The molecule has 0 fully saturated rings. The number of nitrogens with one attached hydrogen (secondary N) is 1. The number of anilines is 1. The molecule has 6 nitrogen and oxygen atoms in total. The largest absolute Gasteiger partial charge is 0.431 e. The van der Waals surface area contributed by atoms with E-state index in [1.165, 1.54) is 24.2 Å². The van der Waals surface area contributed by atoms with Gasteiger partial charge in [-0.1, -0.05) is 0 Å². The number of nitrogens with zero attached hydrogens (tertiary/aromatic N) is 2. The van der Waals surface area contributed by atoms with Crippen molar-refractivity contribution in [2.45, 2.75) is 10.2 Å². The first kappa shape index (κ1) is 10.8. The molecule has 1 aromatic carbocycles. The summed E-state index contributed by atoms with van der Waals surface area (Å²) in [5.74, 6) is 0. The van der Waals surface area contributed by atoms with Crippen LogP contribution in [0.25, 0.3) is 11.1 Å². The predicted octanol–water partition coefficient (Wildman–Crippen LogP) is 1.64. The molecule has 0 atom stereocenters. The van der Waals surface area contributed by atoms with Crippen LogP contribution in [0, 0.1) is 0 Å². The monoisotopic (exact) mass is 260 g/mol. The lowest BCUT2D eigenvalue weighted by molar-refractivity contribution is 0.489. The van der Waals surface area contributed by atoms with E-state index in [4.69, 9.17) is 10.2 Å². The van der Waals surface area contributed by atoms with Crippen LogP contribution in [-0.4, -0.2) is 15.0 Å². The van der Waals surface area contributed by atoms with Gasteiger partial charge in [0, 0.05) is 11.8 Å². The Kier molecular flexibility index (Phi) is 2.52. The van der Waals surface area contributed by atoms with Gasteiger partial charge in [-0.2, -0.15) is 0 Å². The van der Waals surface area contributed by atoms with Gasteiger partial charge in [0.1, 0.15) is 10.5 Å². The number of rotatable bonds is 2. The molecule has 0 saturated carbocycles. The van der Waals surface area contributed by atoms with Crippen LogP contribution in [0.2, 0.25) is 0 Å². The van der Waals surface area contributed by atoms with Crippen LogP contribution in [0.4, 0.5) is 5.69 Å². The first-order valence-corrected chi connectivity index (χ1v) is 5.91. The smallest absolute Gasteiger partial charge is 0.263 e. The van der Waals surface area contributed by atoms with Gasteiger partial charge in [0.15, 0.2) is 5.58 Å². The maximum absolute atomic E-state index is 11.1. The molecule has 18 heavy (non-hydrogen) atoms. The third kappa shape index (κ3) is 2.07. The molecule has 2 aromatic heterocycles. The van der Waals surface area contributed by atoms with E-state index >= 15 is 0 Å². The van der Waals surface area contributed by atoms with Gasteiger partial charge in [0.25, 0.3) is 10.8 Å². The highest BCUT2D eigenvalue weighted by Gasteiger charge is 2.08. The molecule has 0 unspecified atom stereocenters. The molecule has 0 spiro atoms. The Morgan fingerprint density at radius 2 is 2.22 bits per heavy atom. The molecule has 90 valence electrons. The van der Waals surface area contributed by atoms with Crippen LogP contribution in [-0.2, 0) is 0 Å². The Morgan fingerprint density at radius 1 is 1.33 bits per heavy atom. The first-order valence-electron chi connectivity index (χ1n) is 5.09. The van der Waals surface area contributed by atoms with E-state index in [0.29, 0.717) is 27.0 Å². The number of oxazole rings is 1. The number of hydrogen-bond donors (Lipinski definition) is 2. The maximum Gasteiger partial charge on any atom is 0.263 e. The molecule has 0 bridgehead atoms. The second-order valence-electron chi connectivity index (χ2n) is 3.56. The fourth-order valence-electron chi connectivity index (χ4n) is 1.46. The zero-order chi connectivity index (χ0) is 12.5. The zero-order valence-corrected chi connectivity index (χ0v) is 9.90. The second kappa shape index (κ2) is 4.19. The minimum absolute atomic E-state index is 0.215. The van der Waals surface area contributed by atoms with Crippen molar-refractivity contribution in [2.75, 3.05) is 5.73 Å². The molecule has 7 heteroatoms. The van der Waals surface area contributed by atoms with Crippen molar-refractivity contribution >= 4 is 28.5 Å². The summed E-state index contributed by atoms with van der Waals surface area (Å²) in [6, 6.07) is 6.61. The highest BCUT2D eigenvalue weighted by molar-refractivity contribution is 7.99.